The van der Waals surface area contributed by atoms with Gasteiger partial charge in [0.15, 0.2) is 5.76 Å². The monoisotopic (exact) mass is 358 g/mol. The summed E-state index contributed by atoms with van der Waals surface area (Å²) in [4.78, 5) is 11.6. The predicted molar refractivity (Wildman–Crippen MR) is 75.3 cm³/mol. The maximum absolute atomic E-state index is 11.6. The Morgan fingerprint density at radius 3 is 2.35 bits per heavy atom. The van der Waals surface area contributed by atoms with E-state index in [4.69, 9.17) is 4.74 Å². The molecular weight excluding hydrogens is 348 g/mol. The summed E-state index contributed by atoms with van der Waals surface area (Å²) in [7, 11) is 0. The summed E-state index contributed by atoms with van der Waals surface area (Å²) in [5.41, 5.74) is 2.67. The quantitative estimate of drug-likeness (QED) is 0.634. The number of cyclic esters (lactones) is 1. The number of rotatable bonds is 0. The molecule has 0 N–H and O–H groups in total. The molecule has 4 heteroatoms. The normalized spacial score (nSPS) is 14.6. The lowest BCUT2D eigenvalue weighted by Crippen LogP contribution is -2.11. The molecule has 0 bridgehead atoms. The Morgan fingerprint density at radius 2 is 1.82 bits per heavy atom. The molecule has 0 amide bonds. The van der Waals surface area contributed by atoms with E-state index < -0.39 is 0 Å². The van der Waals surface area contributed by atoms with Crippen LogP contribution in [0.1, 0.15) is 42.3 Å². The second-order valence-electron chi connectivity index (χ2n) is 4.99. The van der Waals surface area contributed by atoms with Crippen LogP contribution in [0.4, 0.5) is 0 Å². The van der Waals surface area contributed by atoms with Crippen molar-refractivity contribution < 1.29 is 9.53 Å². The predicted octanol–water partition coefficient (Wildman–Crippen LogP) is 4.57. The smallest absolute Gasteiger partial charge is 0.344 e. The van der Waals surface area contributed by atoms with Gasteiger partial charge in [-0.1, -0.05) is 26.8 Å². The number of carbonyl (C=O) groups excluding carboxylic acids is 1. The van der Waals surface area contributed by atoms with E-state index in [1.165, 1.54) is 5.56 Å². The molecule has 0 aliphatic carbocycles. The van der Waals surface area contributed by atoms with Gasteiger partial charge in [-0.25, -0.2) is 4.79 Å². The fourth-order valence-electron chi connectivity index (χ4n) is 1.72. The van der Waals surface area contributed by atoms with Crippen molar-refractivity contribution in [1.82, 2.24) is 0 Å². The molecule has 0 saturated heterocycles. The summed E-state index contributed by atoms with van der Waals surface area (Å²) < 4.78 is 5.86. The highest BCUT2D eigenvalue weighted by atomic mass is 79.9. The highest BCUT2D eigenvalue weighted by molar-refractivity contribution is 9.28. The Morgan fingerprint density at radius 1 is 1.18 bits per heavy atom. The number of hydrogen-bond donors (Lipinski definition) is 0. The fourth-order valence-corrected chi connectivity index (χ4v) is 2.31. The van der Waals surface area contributed by atoms with Gasteiger partial charge in [-0.05, 0) is 55.0 Å². The third kappa shape index (κ3) is 2.33. The van der Waals surface area contributed by atoms with Crippen LogP contribution in [-0.4, -0.2) is 5.97 Å². The summed E-state index contributed by atoms with van der Waals surface area (Å²) in [5, 5.41) is 0. The van der Waals surface area contributed by atoms with Gasteiger partial charge < -0.3 is 4.74 Å². The minimum absolute atomic E-state index is 0.0462. The molecular formula is C13H12Br2O2. The van der Waals surface area contributed by atoms with E-state index in [1.54, 1.807) is 0 Å². The first-order valence-electron chi connectivity index (χ1n) is 5.23. The first-order valence-corrected chi connectivity index (χ1v) is 6.81. The van der Waals surface area contributed by atoms with Crippen molar-refractivity contribution >= 4 is 43.6 Å². The Bertz CT molecular complexity index is 521. The van der Waals surface area contributed by atoms with Crippen molar-refractivity contribution in [2.24, 2.45) is 0 Å². The number of hydrogen-bond acceptors (Lipinski definition) is 2. The summed E-state index contributed by atoms with van der Waals surface area (Å²) in [6.07, 6.45) is 0. The summed E-state index contributed by atoms with van der Waals surface area (Å²) in [5.74, 6) is 0.253. The molecule has 0 fully saturated rings. The number of ether oxygens (including phenoxy) is 1. The molecule has 2 nitrogen and oxygen atoms in total. The molecule has 17 heavy (non-hydrogen) atoms. The van der Waals surface area contributed by atoms with E-state index in [9.17, 15) is 4.79 Å². The molecule has 90 valence electrons. The summed E-state index contributed by atoms with van der Waals surface area (Å²) in [6.45, 7) is 6.41. The van der Waals surface area contributed by atoms with E-state index >= 15 is 0 Å². The van der Waals surface area contributed by atoms with Crippen LogP contribution in [0.15, 0.2) is 21.6 Å². The highest BCUT2D eigenvalue weighted by Gasteiger charge is 2.29. The van der Waals surface area contributed by atoms with Gasteiger partial charge in [0.1, 0.15) is 3.39 Å². The molecule has 1 aliphatic heterocycles. The molecule has 1 aromatic rings. The molecule has 0 atom stereocenters. The Labute approximate surface area is 117 Å². The maximum atomic E-state index is 11.6. The van der Waals surface area contributed by atoms with Crippen LogP contribution < -0.4 is 0 Å². The average Bonchev–Trinajstić information content (AvgIpc) is 2.54. The summed E-state index contributed by atoms with van der Waals surface area (Å²) in [6, 6.07) is 5.82. The molecule has 0 unspecified atom stereocenters. The first kappa shape index (κ1) is 12.8. The van der Waals surface area contributed by atoms with Crippen LogP contribution in [0.2, 0.25) is 0 Å². The van der Waals surface area contributed by atoms with Crippen molar-refractivity contribution in [3.63, 3.8) is 0 Å². The molecule has 1 heterocycles. The van der Waals surface area contributed by atoms with Crippen molar-refractivity contribution in [1.29, 1.82) is 0 Å². The van der Waals surface area contributed by atoms with Gasteiger partial charge in [0.25, 0.3) is 0 Å². The Kier molecular flexibility index (Phi) is 3.21. The Hall–Kier alpha value is -0.610. The molecule has 0 radical (unpaired) electrons. The van der Waals surface area contributed by atoms with Gasteiger partial charge in [0.2, 0.25) is 0 Å². The van der Waals surface area contributed by atoms with E-state index in [0.29, 0.717) is 14.7 Å². The first-order chi connectivity index (χ1) is 7.80. The fraction of sp³-hybridized carbons (Fsp3) is 0.308. The lowest BCUT2D eigenvalue weighted by molar-refractivity contribution is 0.0716. The molecule has 0 aromatic heterocycles. The third-order valence-corrected chi connectivity index (χ3v) is 3.44. The van der Waals surface area contributed by atoms with Gasteiger partial charge >= 0.3 is 5.97 Å². The van der Waals surface area contributed by atoms with Crippen LogP contribution in [-0.2, 0) is 10.2 Å². The molecule has 1 aromatic carbocycles. The minimum Gasteiger partial charge on any atom is -0.420 e. The van der Waals surface area contributed by atoms with Crippen molar-refractivity contribution in [3.8, 4) is 0 Å². The molecule has 0 spiro atoms. The standard InChI is InChI=1S/C13H12Br2O2/c1-13(2,3)7-4-5-8-9(6-7)10(11(14)15)17-12(8)16/h4-6H,1-3H3. The number of fused-ring (bicyclic) bond motifs is 1. The lowest BCUT2D eigenvalue weighted by Gasteiger charge is -2.19. The van der Waals surface area contributed by atoms with E-state index in [0.717, 1.165) is 5.56 Å². The number of halogens is 2. The van der Waals surface area contributed by atoms with Crippen LogP contribution in [0, 0.1) is 0 Å². The second kappa shape index (κ2) is 4.25. The van der Waals surface area contributed by atoms with Crippen LogP contribution in [0.3, 0.4) is 0 Å². The van der Waals surface area contributed by atoms with Crippen molar-refractivity contribution in [3.05, 3.63) is 38.3 Å². The Balaban J connectivity index is 2.63. The van der Waals surface area contributed by atoms with Crippen molar-refractivity contribution in [2.45, 2.75) is 26.2 Å². The second-order valence-corrected chi connectivity index (χ2v) is 7.64. The van der Waals surface area contributed by atoms with Crippen LogP contribution in [0.25, 0.3) is 5.76 Å². The summed E-state index contributed by atoms with van der Waals surface area (Å²) >= 11 is 6.59. The zero-order valence-electron chi connectivity index (χ0n) is 9.80. The minimum atomic E-state index is -0.299. The number of esters is 1. The number of carbonyl (C=O) groups is 1. The van der Waals surface area contributed by atoms with Gasteiger partial charge in [-0.15, -0.1) is 0 Å². The SMILES string of the molecule is CC(C)(C)c1ccc2c(c1)C(=C(Br)Br)OC2=O. The van der Waals surface area contributed by atoms with E-state index in [-0.39, 0.29) is 11.4 Å². The zero-order chi connectivity index (χ0) is 12.8. The zero-order valence-corrected chi connectivity index (χ0v) is 13.0. The molecule has 2 rings (SSSR count). The molecule has 1 aliphatic rings. The van der Waals surface area contributed by atoms with E-state index in [2.05, 4.69) is 52.6 Å². The van der Waals surface area contributed by atoms with Crippen LogP contribution >= 0.6 is 31.9 Å². The van der Waals surface area contributed by atoms with Crippen LogP contribution in [0.5, 0.6) is 0 Å². The molecule has 0 saturated carbocycles. The van der Waals surface area contributed by atoms with Gasteiger partial charge in [-0.2, -0.15) is 0 Å². The van der Waals surface area contributed by atoms with Gasteiger partial charge in [-0.3, -0.25) is 0 Å². The third-order valence-electron chi connectivity index (χ3n) is 2.72. The van der Waals surface area contributed by atoms with E-state index in [1.807, 2.05) is 18.2 Å². The van der Waals surface area contributed by atoms with Gasteiger partial charge in [0.05, 0.1) is 5.56 Å². The average molecular weight is 360 g/mol. The van der Waals surface area contributed by atoms with Crippen molar-refractivity contribution in [2.75, 3.05) is 0 Å². The highest BCUT2D eigenvalue weighted by Crippen LogP contribution is 2.38. The lowest BCUT2D eigenvalue weighted by atomic mass is 9.85. The number of benzene rings is 1. The maximum Gasteiger partial charge on any atom is 0.344 e. The van der Waals surface area contributed by atoms with Gasteiger partial charge in [0, 0.05) is 5.56 Å². The topological polar surface area (TPSA) is 26.3 Å². The largest absolute Gasteiger partial charge is 0.420 e.